The molecule has 2 fully saturated rings. The number of fused-ring (bicyclic) bond motifs is 1. The van der Waals surface area contributed by atoms with Crippen LogP contribution in [0.4, 0.5) is 0 Å². The van der Waals surface area contributed by atoms with Gasteiger partial charge in [0.1, 0.15) is 5.69 Å². The Morgan fingerprint density at radius 3 is 2.34 bits per heavy atom. The maximum Gasteiger partial charge on any atom is 0.270 e. The first-order valence-corrected chi connectivity index (χ1v) is 12.0. The van der Waals surface area contributed by atoms with Crippen LogP contribution < -0.4 is 5.32 Å². The van der Waals surface area contributed by atoms with Gasteiger partial charge in [-0.1, -0.05) is 36.4 Å². The fourth-order valence-electron chi connectivity index (χ4n) is 5.65. The maximum atomic E-state index is 13.4. The number of para-hydroxylation sites is 1. The number of hydrogen-bond donors (Lipinski definition) is 2. The molecule has 2 aliphatic rings. The predicted molar refractivity (Wildman–Crippen MR) is 130 cm³/mol. The van der Waals surface area contributed by atoms with Crippen molar-refractivity contribution in [2.75, 3.05) is 39.3 Å². The lowest BCUT2D eigenvalue weighted by atomic mass is 9.84. The summed E-state index contributed by atoms with van der Waals surface area (Å²) in [5.74, 6) is 0.778. The van der Waals surface area contributed by atoms with E-state index in [9.17, 15) is 4.79 Å². The molecule has 2 N–H and O–H groups in total. The summed E-state index contributed by atoms with van der Waals surface area (Å²) in [6.07, 6.45) is 2.35. The van der Waals surface area contributed by atoms with Crippen LogP contribution in [0.5, 0.6) is 0 Å². The molecule has 2 aromatic carbocycles. The molecule has 0 aliphatic carbocycles. The number of carbonyl (C=O) groups excluding carboxylic acids is 1. The van der Waals surface area contributed by atoms with E-state index in [0.29, 0.717) is 5.92 Å². The van der Waals surface area contributed by atoms with Gasteiger partial charge in [0.15, 0.2) is 0 Å². The highest BCUT2D eigenvalue weighted by molar-refractivity contribution is 6.01. The molecule has 1 amide bonds. The van der Waals surface area contributed by atoms with Crippen molar-refractivity contribution < 1.29 is 4.79 Å². The summed E-state index contributed by atoms with van der Waals surface area (Å²) in [5, 5.41) is 4.52. The average molecular weight is 431 g/mol. The van der Waals surface area contributed by atoms with Crippen molar-refractivity contribution in [1.29, 1.82) is 0 Å². The van der Waals surface area contributed by atoms with Gasteiger partial charge in [0.2, 0.25) is 0 Å². The normalized spacial score (nSPS) is 18.4. The molecule has 3 heterocycles. The highest BCUT2D eigenvalue weighted by Crippen LogP contribution is 2.34. The number of aromatic amines is 1. The van der Waals surface area contributed by atoms with Crippen LogP contribution in [-0.4, -0.2) is 60.0 Å². The number of nitrogens with zero attached hydrogens (tertiary/aromatic N) is 2. The Morgan fingerprint density at radius 2 is 1.62 bits per heavy atom. The van der Waals surface area contributed by atoms with E-state index < -0.39 is 0 Å². The van der Waals surface area contributed by atoms with E-state index in [1.165, 1.54) is 29.4 Å². The van der Waals surface area contributed by atoms with E-state index in [1.54, 1.807) is 5.56 Å². The lowest BCUT2D eigenvalue weighted by Crippen LogP contribution is -2.46. The molecule has 1 aromatic heterocycles. The van der Waals surface area contributed by atoms with E-state index in [1.807, 2.05) is 11.0 Å². The first-order chi connectivity index (χ1) is 15.6. The molecular weight excluding hydrogens is 396 g/mol. The zero-order valence-electron chi connectivity index (χ0n) is 19.3. The molecule has 0 unspecified atom stereocenters. The lowest BCUT2D eigenvalue weighted by Gasteiger charge is -2.34. The van der Waals surface area contributed by atoms with Gasteiger partial charge >= 0.3 is 0 Å². The molecule has 32 heavy (non-hydrogen) atoms. The number of H-pyrrole nitrogens is 1. The van der Waals surface area contributed by atoms with Crippen molar-refractivity contribution in [2.24, 2.45) is 0 Å². The van der Waals surface area contributed by atoms with Crippen LogP contribution in [0.15, 0.2) is 42.5 Å². The molecule has 5 rings (SSSR count). The van der Waals surface area contributed by atoms with Crippen LogP contribution in [-0.2, 0) is 6.54 Å². The zero-order chi connectivity index (χ0) is 22.1. The number of rotatable bonds is 4. The molecule has 0 atom stereocenters. The SMILES string of the molecule is Cc1cccc(C)c1C1CCN(Cc2c(C(=O)N3CCNCC3)[nH]c3ccccc23)CC1. The molecule has 0 saturated carbocycles. The Morgan fingerprint density at radius 1 is 0.938 bits per heavy atom. The number of carbonyl (C=O) groups is 1. The molecule has 0 bridgehead atoms. The van der Waals surface area contributed by atoms with Gasteiger partial charge in [0, 0.05) is 49.2 Å². The molecule has 2 aliphatic heterocycles. The fraction of sp³-hybridized carbons (Fsp3) is 0.444. The minimum Gasteiger partial charge on any atom is -0.350 e. The molecule has 2 saturated heterocycles. The van der Waals surface area contributed by atoms with Crippen LogP contribution in [0.2, 0.25) is 0 Å². The molecule has 5 heteroatoms. The third-order valence-corrected chi connectivity index (χ3v) is 7.35. The van der Waals surface area contributed by atoms with Gasteiger partial charge in [0.25, 0.3) is 5.91 Å². The monoisotopic (exact) mass is 430 g/mol. The number of hydrogen-bond acceptors (Lipinski definition) is 3. The summed E-state index contributed by atoms with van der Waals surface area (Å²) in [7, 11) is 0. The Bertz CT molecular complexity index is 1080. The van der Waals surface area contributed by atoms with Gasteiger partial charge in [-0.15, -0.1) is 0 Å². The standard InChI is InChI=1S/C27H34N4O/c1-19-6-5-7-20(2)25(19)21-10-14-30(15-11-21)18-23-22-8-3-4-9-24(22)29-26(23)27(32)31-16-12-28-13-17-31/h3-9,21,28-29H,10-18H2,1-2H3. The quantitative estimate of drug-likeness (QED) is 0.652. The number of piperidine rings is 1. The molecule has 0 radical (unpaired) electrons. The smallest absolute Gasteiger partial charge is 0.270 e. The van der Waals surface area contributed by atoms with Gasteiger partial charge in [-0.05, 0) is 68.5 Å². The number of nitrogens with one attached hydrogen (secondary N) is 2. The Kier molecular flexibility index (Phi) is 6.03. The highest BCUT2D eigenvalue weighted by Gasteiger charge is 2.27. The van der Waals surface area contributed by atoms with Gasteiger partial charge in [0.05, 0.1) is 0 Å². The topological polar surface area (TPSA) is 51.4 Å². The summed E-state index contributed by atoms with van der Waals surface area (Å²) < 4.78 is 0. The van der Waals surface area contributed by atoms with Crippen LogP contribution in [0.3, 0.4) is 0 Å². The molecule has 3 aromatic rings. The van der Waals surface area contributed by atoms with Crippen molar-refractivity contribution in [3.8, 4) is 0 Å². The van der Waals surface area contributed by atoms with Crippen LogP contribution >= 0.6 is 0 Å². The number of amides is 1. The number of aryl methyl sites for hydroxylation is 2. The van der Waals surface area contributed by atoms with Crippen molar-refractivity contribution >= 4 is 16.8 Å². The maximum absolute atomic E-state index is 13.4. The largest absolute Gasteiger partial charge is 0.350 e. The molecular formula is C27H34N4O. The Balaban J connectivity index is 1.36. The summed E-state index contributed by atoms with van der Waals surface area (Å²) in [6.45, 7) is 10.7. The highest BCUT2D eigenvalue weighted by atomic mass is 16.2. The van der Waals surface area contributed by atoms with Gasteiger partial charge in [-0.25, -0.2) is 0 Å². The van der Waals surface area contributed by atoms with Gasteiger partial charge in [-0.2, -0.15) is 0 Å². The van der Waals surface area contributed by atoms with E-state index in [-0.39, 0.29) is 5.91 Å². The number of benzene rings is 2. The summed E-state index contributed by atoms with van der Waals surface area (Å²) >= 11 is 0. The lowest BCUT2D eigenvalue weighted by molar-refractivity contribution is 0.0728. The minimum atomic E-state index is 0.142. The average Bonchev–Trinajstić information content (AvgIpc) is 3.18. The van der Waals surface area contributed by atoms with Crippen molar-refractivity contribution in [2.45, 2.75) is 39.2 Å². The van der Waals surface area contributed by atoms with E-state index in [4.69, 9.17) is 0 Å². The van der Waals surface area contributed by atoms with E-state index in [0.717, 1.165) is 62.6 Å². The molecule has 168 valence electrons. The predicted octanol–water partition coefficient (Wildman–Crippen LogP) is 4.21. The first-order valence-electron chi connectivity index (χ1n) is 12.0. The Hall–Kier alpha value is -2.63. The van der Waals surface area contributed by atoms with Crippen molar-refractivity contribution in [3.05, 3.63) is 70.4 Å². The van der Waals surface area contributed by atoms with E-state index in [2.05, 4.69) is 65.4 Å². The number of likely N-dealkylation sites (tertiary alicyclic amines) is 1. The van der Waals surface area contributed by atoms with Gasteiger partial charge < -0.3 is 15.2 Å². The zero-order valence-corrected chi connectivity index (χ0v) is 19.3. The second-order valence-electron chi connectivity index (χ2n) is 9.42. The molecule has 0 spiro atoms. The third-order valence-electron chi connectivity index (χ3n) is 7.35. The van der Waals surface area contributed by atoms with Crippen LogP contribution in [0, 0.1) is 13.8 Å². The van der Waals surface area contributed by atoms with Crippen molar-refractivity contribution in [3.63, 3.8) is 0 Å². The minimum absolute atomic E-state index is 0.142. The molecule has 5 nitrogen and oxygen atoms in total. The van der Waals surface area contributed by atoms with Crippen LogP contribution in [0.25, 0.3) is 10.9 Å². The first kappa shape index (κ1) is 21.2. The summed E-state index contributed by atoms with van der Waals surface area (Å²) in [4.78, 5) is 21.4. The second-order valence-corrected chi connectivity index (χ2v) is 9.42. The third kappa shape index (κ3) is 4.07. The van der Waals surface area contributed by atoms with Crippen LogP contribution in [0.1, 0.15) is 51.5 Å². The van der Waals surface area contributed by atoms with Crippen molar-refractivity contribution in [1.82, 2.24) is 20.1 Å². The second kappa shape index (κ2) is 9.08. The number of aromatic nitrogens is 1. The van der Waals surface area contributed by atoms with E-state index >= 15 is 0 Å². The fourth-order valence-corrected chi connectivity index (χ4v) is 5.65. The Labute approximate surface area is 190 Å². The van der Waals surface area contributed by atoms with Gasteiger partial charge in [-0.3, -0.25) is 9.69 Å². The number of piperazine rings is 1. The summed E-state index contributed by atoms with van der Waals surface area (Å²) in [5.41, 5.74) is 7.40. The summed E-state index contributed by atoms with van der Waals surface area (Å²) in [6, 6.07) is 15.0.